The molecule has 0 aliphatic rings. The highest BCUT2D eigenvalue weighted by atomic mass is 79.9. The summed E-state index contributed by atoms with van der Waals surface area (Å²) >= 11 is 9.21. The molecule has 0 aliphatic heterocycles. The van der Waals surface area contributed by atoms with Crippen LogP contribution in [0.1, 0.15) is 33.4 Å². The van der Waals surface area contributed by atoms with E-state index in [1.165, 1.54) is 42.0 Å². The number of nitrogen functional groups attached to an aromatic ring is 5. The van der Waals surface area contributed by atoms with Crippen LogP contribution in [0.15, 0.2) is 138 Å². The molecule has 0 atom stereocenters. The maximum absolute atomic E-state index is 13.3. The molecule has 12 heteroatoms. The average Bonchev–Trinajstić information content (AvgIpc) is 3.25. The number of benzene rings is 10. The third kappa shape index (κ3) is 12.1. The molecule has 0 spiro atoms. The summed E-state index contributed by atoms with van der Waals surface area (Å²) < 4.78 is 66.6. The first-order valence-corrected chi connectivity index (χ1v) is 22.4. The zero-order chi connectivity index (χ0) is 49.7. The van der Waals surface area contributed by atoms with Gasteiger partial charge in [0.05, 0.1) is 0 Å². The number of halogens is 7. The first kappa shape index (κ1) is 50.3. The molecule has 0 aromatic heterocycles. The van der Waals surface area contributed by atoms with Gasteiger partial charge in [-0.3, -0.25) is 0 Å². The standard InChI is InChI=1S/C12H12FN.C11H9BrFN.C11H10ClN.C11H9F2N.C11H10FN/c1-7-3-9-6-11(13)8(2)5-10(9)12(14)4-7;1-6-2-9-7(4-10(6)13)3-8(12)5-11(9)14;1-7-2-3-8-5-9(12)6-11(13)10(8)4-7;1-6-2-9-7(4-10(6)13)3-8(12)5-11(9)14;1-7-5-9-8(6-10(7)12)3-2-4-11(9)13/h3-6H,14H2,1-2H3;2-5H,14H2,1H3;2-6H,13H2,1H3;2-5H,14H2,1H3;2-6H,13H2,1H3. The highest BCUT2D eigenvalue weighted by molar-refractivity contribution is 9.10. The summed E-state index contributed by atoms with van der Waals surface area (Å²) in [6.45, 7) is 10.9. The lowest BCUT2D eigenvalue weighted by Gasteiger charge is -2.06. The van der Waals surface area contributed by atoms with E-state index < -0.39 is 5.82 Å². The zero-order valence-electron chi connectivity index (χ0n) is 38.2. The van der Waals surface area contributed by atoms with Crippen molar-refractivity contribution < 1.29 is 22.0 Å². The van der Waals surface area contributed by atoms with Gasteiger partial charge in [0.1, 0.15) is 29.1 Å². The Morgan fingerprint density at radius 3 is 1.31 bits per heavy atom. The van der Waals surface area contributed by atoms with Crippen molar-refractivity contribution >= 4 is 110 Å². The maximum atomic E-state index is 13.3. The minimum atomic E-state index is -0.446. The van der Waals surface area contributed by atoms with E-state index in [1.807, 2.05) is 68.4 Å². The lowest BCUT2D eigenvalue weighted by molar-refractivity contribution is 0.619. The summed E-state index contributed by atoms with van der Waals surface area (Å²) in [5, 5.41) is 9.31. The number of anilines is 5. The molecule has 0 unspecified atom stereocenters. The molecule has 5 nitrogen and oxygen atoms in total. The topological polar surface area (TPSA) is 130 Å². The zero-order valence-corrected chi connectivity index (χ0v) is 40.6. The smallest absolute Gasteiger partial charge is 0.126 e. The van der Waals surface area contributed by atoms with Crippen molar-refractivity contribution in [2.75, 3.05) is 28.7 Å². The Labute approximate surface area is 405 Å². The van der Waals surface area contributed by atoms with E-state index in [2.05, 4.69) is 28.1 Å². The normalized spacial score (nSPS) is 10.7. The van der Waals surface area contributed by atoms with Gasteiger partial charge in [-0.2, -0.15) is 0 Å². The summed E-state index contributed by atoms with van der Waals surface area (Å²) in [5.41, 5.74) is 36.7. The molecule has 348 valence electrons. The fourth-order valence-electron chi connectivity index (χ4n) is 7.53. The van der Waals surface area contributed by atoms with Crippen LogP contribution in [-0.2, 0) is 0 Å². The fraction of sp³-hybridized carbons (Fsp3) is 0.107. The Balaban J connectivity index is 0.000000140. The number of nitrogens with two attached hydrogens (primary N) is 5. The van der Waals surface area contributed by atoms with Crippen molar-refractivity contribution in [2.24, 2.45) is 0 Å². The second-order valence-electron chi connectivity index (χ2n) is 16.7. The van der Waals surface area contributed by atoms with Gasteiger partial charge in [-0.1, -0.05) is 63.4 Å². The predicted octanol–water partition coefficient (Wildman–Crippen LogP) is 16.1. The van der Waals surface area contributed by atoms with Crippen LogP contribution in [0.3, 0.4) is 0 Å². The van der Waals surface area contributed by atoms with Crippen LogP contribution in [0, 0.1) is 70.6 Å². The van der Waals surface area contributed by atoms with Crippen LogP contribution in [-0.4, -0.2) is 0 Å². The quantitative estimate of drug-likeness (QED) is 0.0763. The molecule has 0 saturated heterocycles. The second-order valence-corrected chi connectivity index (χ2v) is 18.1. The highest BCUT2D eigenvalue weighted by Gasteiger charge is 2.08. The molecule has 0 heterocycles. The van der Waals surface area contributed by atoms with Crippen molar-refractivity contribution in [2.45, 2.75) is 41.5 Å². The third-order valence-electron chi connectivity index (χ3n) is 11.2. The molecule has 10 rings (SSSR count). The van der Waals surface area contributed by atoms with Crippen molar-refractivity contribution in [3.05, 3.63) is 205 Å². The van der Waals surface area contributed by atoms with Crippen molar-refractivity contribution in [3.63, 3.8) is 0 Å². The summed E-state index contributed by atoms with van der Waals surface area (Å²) in [5.74, 6) is -1.35. The Hall–Kier alpha value is -7.08. The van der Waals surface area contributed by atoms with Crippen molar-refractivity contribution in [1.82, 2.24) is 0 Å². The van der Waals surface area contributed by atoms with Gasteiger partial charge < -0.3 is 28.7 Å². The van der Waals surface area contributed by atoms with E-state index in [1.54, 1.807) is 58.0 Å². The molecule has 0 fully saturated rings. The monoisotopic (exact) mass is 1000 g/mol. The molecular formula is C56H50BrClF5N5. The second kappa shape index (κ2) is 21.3. The van der Waals surface area contributed by atoms with E-state index in [0.29, 0.717) is 60.8 Å². The van der Waals surface area contributed by atoms with Crippen LogP contribution in [0.25, 0.3) is 53.9 Å². The van der Waals surface area contributed by atoms with Gasteiger partial charge in [0, 0.05) is 64.9 Å². The number of fused-ring (bicyclic) bond motifs is 5. The summed E-state index contributed by atoms with van der Waals surface area (Å²) in [7, 11) is 0. The predicted molar refractivity (Wildman–Crippen MR) is 283 cm³/mol. The van der Waals surface area contributed by atoms with Gasteiger partial charge in [-0.25, -0.2) is 22.0 Å². The maximum Gasteiger partial charge on any atom is 0.126 e. The van der Waals surface area contributed by atoms with Gasteiger partial charge in [-0.05, 0) is 199 Å². The minimum absolute atomic E-state index is 0.178. The highest BCUT2D eigenvalue weighted by Crippen LogP contribution is 2.30. The SMILES string of the molecule is Cc1cc(N)c2cc(C)c(F)cc2c1.Cc1cc2c(N)cc(Br)cc2cc1F.Cc1cc2c(N)cc(F)cc2cc1F.Cc1cc2c(N)cccc2cc1F.Cc1ccc2cc(Cl)cc(N)c2c1. The largest absolute Gasteiger partial charge is 0.398 e. The van der Waals surface area contributed by atoms with Gasteiger partial charge >= 0.3 is 0 Å². The van der Waals surface area contributed by atoms with Crippen LogP contribution < -0.4 is 28.7 Å². The molecule has 0 radical (unpaired) electrons. The molecule has 10 aromatic carbocycles. The van der Waals surface area contributed by atoms with Gasteiger partial charge in [-0.15, -0.1) is 0 Å². The Kier molecular flexibility index (Phi) is 15.7. The van der Waals surface area contributed by atoms with Gasteiger partial charge in [0.15, 0.2) is 0 Å². The lowest BCUT2D eigenvalue weighted by atomic mass is 10.0. The molecule has 0 aliphatic carbocycles. The summed E-state index contributed by atoms with van der Waals surface area (Å²) in [6.07, 6.45) is 0. The Bertz CT molecular complexity index is 3300. The Morgan fingerprint density at radius 2 is 0.765 bits per heavy atom. The molecule has 68 heavy (non-hydrogen) atoms. The van der Waals surface area contributed by atoms with Crippen molar-refractivity contribution in [1.29, 1.82) is 0 Å². The summed E-state index contributed by atoms with van der Waals surface area (Å²) in [6, 6.07) is 38.2. The number of aryl methyl sites for hydroxylation is 6. The first-order valence-electron chi connectivity index (χ1n) is 21.2. The van der Waals surface area contributed by atoms with Crippen LogP contribution >= 0.6 is 27.5 Å². The van der Waals surface area contributed by atoms with E-state index in [9.17, 15) is 22.0 Å². The number of hydrogen-bond donors (Lipinski definition) is 5. The van der Waals surface area contributed by atoms with Gasteiger partial charge in [0.2, 0.25) is 0 Å². The van der Waals surface area contributed by atoms with E-state index >= 15 is 0 Å². The molecule has 0 bridgehead atoms. The lowest BCUT2D eigenvalue weighted by Crippen LogP contribution is -1.91. The van der Waals surface area contributed by atoms with Crippen LogP contribution in [0.5, 0.6) is 0 Å². The van der Waals surface area contributed by atoms with E-state index in [-0.39, 0.29) is 23.3 Å². The third-order valence-corrected chi connectivity index (χ3v) is 11.8. The minimum Gasteiger partial charge on any atom is -0.398 e. The van der Waals surface area contributed by atoms with Crippen molar-refractivity contribution in [3.8, 4) is 0 Å². The van der Waals surface area contributed by atoms with Crippen LogP contribution in [0.2, 0.25) is 5.02 Å². The Morgan fingerprint density at radius 1 is 0.353 bits per heavy atom. The molecule has 10 aromatic rings. The molecule has 0 amide bonds. The average molecular weight is 1000 g/mol. The number of hydrogen-bond acceptors (Lipinski definition) is 5. The first-order chi connectivity index (χ1) is 32.1. The fourth-order valence-corrected chi connectivity index (χ4v) is 8.26. The van der Waals surface area contributed by atoms with E-state index in [4.69, 9.17) is 40.3 Å². The number of rotatable bonds is 0. The molecule has 10 N–H and O–H groups in total. The molecular weight excluding hydrogens is 953 g/mol. The van der Waals surface area contributed by atoms with E-state index in [0.717, 1.165) is 58.8 Å². The summed E-state index contributed by atoms with van der Waals surface area (Å²) in [4.78, 5) is 0. The molecule has 0 saturated carbocycles. The van der Waals surface area contributed by atoms with Gasteiger partial charge in [0.25, 0.3) is 0 Å². The van der Waals surface area contributed by atoms with Crippen LogP contribution in [0.4, 0.5) is 50.4 Å².